The van der Waals surface area contributed by atoms with Gasteiger partial charge in [0.1, 0.15) is 6.04 Å². The lowest BCUT2D eigenvalue weighted by Gasteiger charge is -2.29. The van der Waals surface area contributed by atoms with Gasteiger partial charge in [-0.1, -0.05) is 12.1 Å². The molecule has 1 unspecified atom stereocenters. The van der Waals surface area contributed by atoms with Crippen LogP contribution in [0.4, 0.5) is 0 Å². The van der Waals surface area contributed by atoms with Gasteiger partial charge in [0.25, 0.3) is 5.91 Å². The lowest BCUT2D eigenvalue weighted by Crippen LogP contribution is -2.52. The number of piperidine rings is 1. The summed E-state index contributed by atoms with van der Waals surface area (Å²) in [5, 5.41) is 5.83. The number of fused-ring (bicyclic) bond motifs is 2. The number of hydrogen-bond acceptors (Lipinski definition) is 5. The highest BCUT2D eigenvalue weighted by Gasteiger charge is 2.40. The first kappa shape index (κ1) is 16.9. The number of carbonyl (C=O) groups excluding carboxylic acids is 3. The van der Waals surface area contributed by atoms with E-state index in [2.05, 4.69) is 21.6 Å². The molecule has 3 atom stereocenters. The van der Waals surface area contributed by atoms with Gasteiger partial charge in [0.2, 0.25) is 11.8 Å². The number of hydrogen-bond donors (Lipinski definition) is 2. The number of nitrogens with zero attached hydrogens (tertiary/aromatic N) is 2. The van der Waals surface area contributed by atoms with Gasteiger partial charge >= 0.3 is 0 Å². The van der Waals surface area contributed by atoms with Crippen molar-refractivity contribution in [3.05, 3.63) is 34.9 Å². The highest BCUT2D eigenvalue weighted by atomic mass is 16.2. The van der Waals surface area contributed by atoms with E-state index in [0.717, 1.165) is 37.7 Å². The quantitative estimate of drug-likeness (QED) is 0.747. The van der Waals surface area contributed by atoms with Crippen molar-refractivity contribution in [2.24, 2.45) is 5.92 Å². The topological polar surface area (TPSA) is 81.8 Å². The monoisotopic (exact) mass is 368 g/mol. The Kier molecular flexibility index (Phi) is 4.02. The molecule has 27 heavy (non-hydrogen) atoms. The highest BCUT2D eigenvalue weighted by Crippen LogP contribution is 2.31. The third kappa shape index (κ3) is 2.85. The molecule has 3 amide bonds. The average molecular weight is 368 g/mol. The van der Waals surface area contributed by atoms with Crippen molar-refractivity contribution < 1.29 is 14.4 Å². The number of nitrogens with one attached hydrogen (secondary N) is 2. The van der Waals surface area contributed by atoms with Gasteiger partial charge in [-0.05, 0) is 49.0 Å². The second-order valence-electron chi connectivity index (χ2n) is 8.14. The molecule has 1 aromatic carbocycles. The van der Waals surface area contributed by atoms with Gasteiger partial charge in [-0.25, -0.2) is 0 Å². The number of likely N-dealkylation sites (tertiary alicyclic amines) is 1. The molecule has 0 bridgehead atoms. The lowest BCUT2D eigenvalue weighted by molar-refractivity contribution is -0.136. The van der Waals surface area contributed by atoms with Crippen LogP contribution in [0.2, 0.25) is 0 Å². The first-order valence-electron chi connectivity index (χ1n) is 9.81. The summed E-state index contributed by atoms with van der Waals surface area (Å²) in [5.41, 5.74) is 2.90. The Morgan fingerprint density at radius 1 is 1.11 bits per heavy atom. The molecule has 0 aromatic heterocycles. The van der Waals surface area contributed by atoms with Crippen LogP contribution in [-0.2, 0) is 22.7 Å². The molecule has 0 spiro atoms. The number of benzene rings is 1. The number of imide groups is 1. The fraction of sp³-hybridized carbons (Fsp3) is 0.550. The molecule has 7 nitrogen and oxygen atoms in total. The summed E-state index contributed by atoms with van der Waals surface area (Å²) in [6.45, 7) is 4.68. The molecular weight excluding hydrogens is 344 g/mol. The molecule has 3 fully saturated rings. The van der Waals surface area contributed by atoms with Gasteiger partial charge in [-0.15, -0.1) is 0 Å². The summed E-state index contributed by atoms with van der Waals surface area (Å²) < 4.78 is 0. The zero-order chi connectivity index (χ0) is 18.5. The van der Waals surface area contributed by atoms with Gasteiger partial charge in [-0.3, -0.25) is 24.6 Å². The molecule has 4 aliphatic heterocycles. The van der Waals surface area contributed by atoms with Gasteiger partial charge in [-0.2, -0.15) is 0 Å². The predicted octanol–water partition coefficient (Wildman–Crippen LogP) is 0.241. The Labute approximate surface area is 158 Å². The maximum absolute atomic E-state index is 12.8. The first-order valence-corrected chi connectivity index (χ1v) is 9.81. The summed E-state index contributed by atoms with van der Waals surface area (Å²) in [7, 11) is 0. The van der Waals surface area contributed by atoms with Crippen molar-refractivity contribution in [2.75, 3.05) is 19.6 Å². The molecule has 0 aliphatic carbocycles. The summed E-state index contributed by atoms with van der Waals surface area (Å²) >= 11 is 0. The van der Waals surface area contributed by atoms with Crippen LogP contribution < -0.4 is 10.6 Å². The molecule has 1 aromatic rings. The Bertz CT molecular complexity index is 823. The van der Waals surface area contributed by atoms with Crippen LogP contribution >= 0.6 is 0 Å². The van der Waals surface area contributed by atoms with Gasteiger partial charge < -0.3 is 10.2 Å². The molecule has 2 N–H and O–H groups in total. The molecule has 4 heterocycles. The van der Waals surface area contributed by atoms with Crippen LogP contribution in [0, 0.1) is 5.92 Å². The Hall–Kier alpha value is -2.25. The number of amides is 3. The molecule has 0 radical (unpaired) electrons. The summed E-state index contributed by atoms with van der Waals surface area (Å²) in [5.74, 6) is 0.0498. The van der Waals surface area contributed by atoms with Crippen LogP contribution in [0.15, 0.2) is 18.2 Å². The Balaban J connectivity index is 1.32. The third-order valence-electron chi connectivity index (χ3n) is 6.53. The highest BCUT2D eigenvalue weighted by molar-refractivity contribution is 6.05. The first-order chi connectivity index (χ1) is 13.1. The van der Waals surface area contributed by atoms with Crippen molar-refractivity contribution >= 4 is 17.7 Å². The van der Waals surface area contributed by atoms with Crippen molar-refractivity contribution in [1.82, 2.24) is 20.4 Å². The zero-order valence-corrected chi connectivity index (χ0v) is 15.2. The lowest BCUT2D eigenvalue weighted by atomic mass is 10.0. The van der Waals surface area contributed by atoms with E-state index < -0.39 is 6.04 Å². The molecule has 4 aliphatic rings. The Morgan fingerprint density at radius 3 is 2.85 bits per heavy atom. The van der Waals surface area contributed by atoms with E-state index >= 15 is 0 Å². The standard InChI is InChI=1S/C20H24N4O3/c25-18-4-3-16(19(26)22-18)24-11-14-7-12(1-2-15(14)20(24)27)10-23-6-5-13-8-21-9-17(13)23/h1-2,7,13,16-17,21H,3-6,8-11H2,(H,22,25,26)/t13-,16?,17+/m0/s1. The van der Waals surface area contributed by atoms with E-state index in [-0.39, 0.29) is 24.1 Å². The van der Waals surface area contributed by atoms with Crippen LogP contribution in [-0.4, -0.2) is 59.2 Å². The average Bonchev–Trinajstić information content (AvgIpc) is 3.32. The van der Waals surface area contributed by atoms with E-state index in [4.69, 9.17) is 0 Å². The van der Waals surface area contributed by atoms with E-state index in [1.165, 1.54) is 12.0 Å². The fourth-order valence-electron chi connectivity index (χ4n) is 5.10. The van der Waals surface area contributed by atoms with Crippen molar-refractivity contribution in [3.63, 3.8) is 0 Å². The van der Waals surface area contributed by atoms with E-state index in [0.29, 0.717) is 24.6 Å². The van der Waals surface area contributed by atoms with E-state index in [9.17, 15) is 14.4 Å². The van der Waals surface area contributed by atoms with Gasteiger partial charge in [0.15, 0.2) is 0 Å². The van der Waals surface area contributed by atoms with Crippen molar-refractivity contribution in [3.8, 4) is 0 Å². The fourth-order valence-corrected chi connectivity index (χ4v) is 5.10. The summed E-state index contributed by atoms with van der Waals surface area (Å²) in [6, 6.07) is 6.14. The van der Waals surface area contributed by atoms with Crippen molar-refractivity contribution in [1.29, 1.82) is 0 Å². The second-order valence-corrected chi connectivity index (χ2v) is 8.14. The molecular formula is C20H24N4O3. The minimum absolute atomic E-state index is 0.104. The van der Waals surface area contributed by atoms with Crippen LogP contribution in [0.5, 0.6) is 0 Å². The smallest absolute Gasteiger partial charge is 0.255 e. The Morgan fingerprint density at radius 2 is 2.00 bits per heavy atom. The zero-order valence-electron chi connectivity index (χ0n) is 15.2. The molecule has 7 heteroatoms. The second kappa shape index (κ2) is 6.42. The maximum atomic E-state index is 12.8. The minimum atomic E-state index is -0.546. The summed E-state index contributed by atoms with van der Waals surface area (Å²) in [4.78, 5) is 40.5. The van der Waals surface area contributed by atoms with E-state index in [1.807, 2.05) is 12.1 Å². The number of rotatable bonds is 3. The van der Waals surface area contributed by atoms with Gasteiger partial charge in [0, 0.05) is 37.7 Å². The van der Waals surface area contributed by atoms with Crippen LogP contribution in [0.3, 0.4) is 0 Å². The van der Waals surface area contributed by atoms with Crippen LogP contribution in [0.1, 0.15) is 40.7 Å². The molecule has 3 saturated heterocycles. The molecule has 0 saturated carbocycles. The van der Waals surface area contributed by atoms with Crippen LogP contribution in [0.25, 0.3) is 0 Å². The minimum Gasteiger partial charge on any atom is -0.322 e. The predicted molar refractivity (Wildman–Crippen MR) is 97.7 cm³/mol. The summed E-state index contributed by atoms with van der Waals surface area (Å²) in [6.07, 6.45) is 1.94. The molecule has 5 rings (SSSR count). The normalized spacial score (nSPS) is 30.6. The maximum Gasteiger partial charge on any atom is 0.255 e. The SMILES string of the molecule is O=C1CCC(N2Cc3cc(CN4CC[C@H]5CNC[C@H]54)ccc3C2=O)C(=O)N1. The largest absolute Gasteiger partial charge is 0.322 e. The van der Waals surface area contributed by atoms with Gasteiger partial charge in [0.05, 0.1) is 0 Å². The third-order valence-corrected chi connectivity index (χ3v) is 6.53. The van der Waals surface area contributed by atoms with Crippen molar-refractivity contribution in [2.45, 2.75) is 44.4 Å². The number of carbonyl (C=O) groups is 3. The molecule has 142 valence electrons. The van der Waals surface area contributed by atoms with E-state index in [1.54, 1.807) is 4.90 Å².